The third-order valence-electron chi connectivity index (χ3n) is 14.1. The molecule has 2 heteroatoms. The monoisotopic (exact) mass is 879 g/mol. The van der Waals surface area contributed by atoms with Crippen molar-refractivity contribution in [2.24, 2.45) is 0 Å². The number of benzene rings is 3. The molecule has 5 aromatic rings. The van der Waals surface area contributed by atoms with Gasteiger partial charge in [0.05, 0.1) is 0 Å². The van der Waals surface area contributed by atoms with Gasteiger partial charge < -0.3 is 0 Å². The Hall–Kier alpha value is -3.46. The highest BCUT2D eigenvalue weighted by molar-refractivity contribution is 7.11. The highest BCUT2D eigenvalue weighted by atomic mass is 32.1. The summed E-state index contributed by atoms with van der Waals surface area (Å²) >= 11 is 3.62. The minimum absolute atomic E-state index is 0.0403. The van der Waals surface area contributed by atoms with E-state index in [0.717, 1.165) is 0 Å². The molecule has 0 spiro atoms. The van der Waals surface area contributed by atoms with Gasteiger partial charge >= 0.3 is 0 Å². The van der Waals surface area contributed by atoms with Crippen molar-refractivity contribution in [2.75, 3.05) is 0 Å². The van der Waals surface area contributed by atoms with Crippen LogP contribution >= 0.6 is 22.7 Å². The molecule has 1 aliphatic rings. The number of hydrogen-bond donors (Lipinski definition) is 0. The Kier molecular flexibility index (Phi) is 20.1. The van der Waals surface area contributed by atoms with Crippen molar-refractivity contribution in [3.05, 3.63) is 127 Å². The summed E-state index contributed by atoms with van der Waals surface area (Å²) in [6.07, 6.45) is 39.5. The van der Waals surface area contributed by atoms with E-state index in [1.807, 2.05) is 22.7 Å². The lowest BCUT2D eigenvalue weighted by atomic mass is 9.69. The van der Waals surface area contributed by atoms with Gasteiger partial charge in [0.25, 0.3) is 0 Å². The molecule has 0 atom stereocenters. The summed E-state index contributed by atoms with van der Waals surface area (Å²) in [4.78, 5) is 2.60. The van der Waals surface area contributed by atoms with Crippen LogP contribution < -0.4 is 0 Å². The van der Waals surface area contributed by atoms with Crippen molar-refractivity contribution in [2.45, 2.75) is 200 Å². The zero-order valence-corrected chi connectivity index (χ0v) is 42.1. The summed E-state index contributed by atoms with van der Waals surface area (Å²) in [5, 5.41) is 4.36. The van der Waals surface area contributed by atoms with Gasteiger partial charge in [0, 0.05) is 15.2 Å². The average molecular weight is 879 g/mol. The maximum Gasteiger partial charge on any atom is 0.0270 e. The van der Waals surface area contributed by atoms with Crippen LogP contribution in [0.25, 0.3) is 46.6 Å². The first-order chi connectivity index (χ1) is 30.8. The maximum atomic E-state index is 2.68. The third kappa shape index (κ3) is 13.8. The van der Waals surface area contributed by atoms with E-state index in [2.05, 4.69) is 149 Å². The highest BCUT2D eigenvalue weighted by Gasteiger charge is 2.42. The van der Waals surface area contributed by atoms with Crippen LogP contribution in [0.15, 0.2) is 83.6 Å². The van der Waals surface area contributed by atoms with E-state index in [1.165, 1.54) is 196 Å². The molecule has 0 fully saturated rings. The van der Waals surface area contributed by atoms with E-state index >= 15 is 0 Å². The fourth-order valence-corrected chi connectivity index (χ4v) is 11.6. The third-order valence-corrected chi connectivity index (χ3v) is 15.8. The molecule has 0 bridgehead atoms. The summed E-state index contributed by atoms with van der Waals surface area (Å²) in [5.74, 6) is 0.926. The lowest BCUT2D eigenvalue weighted by Gasteiger charge is -2.34. The second kappa shape index (κ2) is 25.9. The Labute approximate surface area is 393 Å². The molecule has 3 aromatic carbocycles. The first-order valence-corrected chi connectivity index (χ1v) is 27.5. The van der Waals surface area contributed by atoms with Crippen LogP contribution in [-0.2, 0) is 5.41 Å². The van der Waals surface area contributed by atoms with Crippen molar-refractivity contribution < 1.29 is 0 Å². The molecule has 2 aromatic heterocycles. The summed E-state index contributed by atoms with van der Waals surface area (Å²) in [7, 11) is 0. The van der Waals surface area contributed by atoms with E-state index < -0.39 is 0 Å². The van der Waals surface area contributed by atoms with E-state index in [-0.39, 0.29) is 5.41 Å². The molecule has 1 aliphatic carbocycles. The second-order valence-corrected chi connectivity index (χ2v) is 21.5. The molecule has 0 unspecified atom stereocenters. The molecule has 0 aliphatic heterocycles. The quantitative estimate of drug-likeness (QED) is 0.0420. The topological polar surface area (TPSA) is 0 Å². The molecule has 0 amide bonds. The van der Waals surface area contributed by atoms with Crippen LogP contribution in [-0.4, -0.2) is 0 Å². The van der Waals surface area contributed by atoms with Crippen molar-refractivity contribution in [3.63, 3.8) is 0 Å². The van der Waals surface area contributed by atoms with Gasteiger partial charge in [-0.15, -0.1) is 22.7 Å². The lowest BCUT2D eigenvalue weighted by Crippen LogP contribution is -2.26. The van der Waals surface area contributed by atoms with Gasteiger partial charge in [-0.25, -0.2) is 0 Å². The molecule has 63 heavy (non-hydrogen) atoms. The van der Waals surface area contributed by atoms with E-state index in [1.54, 1.807) is 11.1 Å². The zero-order valence-electron chi connectivity index (χ0n) is 40.4. The van der Waals surface area contributed by atoms with Crippen LogP contribution in [0.2, 0.25) is 0 Å². The Morgan fingerprint density at radius 2 is 0.921 bits per heavy atom. The normalized spacial score (nSPS) is 13.3. The SMILES string of the molecule is CCCCCCCCCCCCC1(CCCCCCCCCCCC)c2cc(-c3cc(/C=C/c4cccs4)c(C(C)C)cc3/C=C/c3cccs3)ccc2-c2ccc(C(C)C)cc21. The summed E-state index contributed by atoms with van der Waals surface area (Å²) < 4.78 is 0. The van der Waals surface area contributed by atoms with Gasteiger partial charge in [0.1, 0.15) is 0 Å². The van der Waals surface area contributed by atoms with Crippen molar-refractivity contribution in [1.29, 1.82) is 0 Å². The molecule has 0 N–H and O–H groups in total. The predicted octanol–water partition coefficient (Wildman–Crippen LogP) is 21.0. The predicted molar refractivity (Wildman–Crippen MR) is 286 cm³/mol. The van der Waals surface area contributed by atoms with Crippen LogP contribution in [0, 0.1) is 0 Å². The zero-order chi connectivity index (χ0) is 44.3. The highest BCUT2D eigenvalue weighted by Crippen LogP contribution is 2.56. The van der Waals surface area contributed by atoms with Crippen LogP contribution in [0.4, 0.5) is 0 Å². The van der Waals surface area contributed by atoms with Gasteiger partial charge in [-0.1, -0.05) is 231 Å². The van der Waals surface area contributed by atoms with Crippen molar-refractivity contribution in [1.82, 2.24) is 0 Å². The van der Waals surface area contributed by atoms with Crippen molar-refractivity contribution >= 4 is 47.0 Å². The largest absolute Gasteiger partial charge is 0.144 e. The Balaban J connectivity index is 1.37. The van der Waals surface area contributed by atoms with E-state index in [9.17, 15) is 0 Å². The first kappa shape index (κ1) is 49.0. The summed E-state index contributed by atoms with van der Waals surface area (Å²) in [6, 6.07) is 29.0. The molecular formula is C61H82S2. The minimum atomic E-state index is 0.0403. The summed E-state index contributed by atoms with van der Waals surface area (Å²) in [6.45, 7) is 14.1. The fourth-order valence-electron chi connectivity index (χ4n) is 10.3. The van der Waals surface area contributed by atoms with Gasteiger partial charge in [-0.05, 0) is 127 Å². The number of thiophene rings is 2. The number of fused-ring (bicyclic) bond motifs is 3. The maximum absolute atomic E-state index is 2.68. The number of rotatable bonds is 29. The molecule has 338 valence electrons. The van der Waals surface area contributed by atoms with E-state index in [4.69, 9.17) is 0 Å². The average Bonchev–Trinajstić information content (AvgIpc) is 4.07. The molecule has 0 saturated carbocycles. The van der Waals surface area contributed by atoms with Gasteiger partial charge in [-0.3, -0.25) is 0 Å². The van der Waals surface area contributed by atoms with Gasteiger partial charge in [0.2, 0.25) is 0 Å². The smallest absolute Gasteiger partial charge is 0.0270 e. The molecule has 0 saturated heterocycles. The molecule has 0 nitrogen and oxygen atoms in total. The number of hydrogen-bond acceptors (Lipinski definition) is 2. The standard InChI is InChI=1S/C61H82S2/c1-7-9-11-13-15-17-19-21-23-25-39-61(40-26-24-22-20-18-16-14-12-10-8-2)59-45-49(47(3)4)33-37-55(59)56-38-34-52(46-60(56)61)58-44-50(31-35-53-29-27-41-62-53)57(48(5)6)43-51(58)32-36-54-30-28-42-63-54/h27-38,41-48H,7-26,39-40H2,1-6H3/b35-31+,36-32+. The molecule has 6 rings (SSSR count). The van der Waals surface area contributed by atoms with Crippen molar-refractivity contribution in [3.8, 4) is 22.3 Å². The minimum Gasteiger partial charge on any atom is -0.144 e. The van der Waals surface area contributed by atoms with Crippen LogP contribution in [0.3, 0.4) is 0 Å². The van der Waals surface area contributed by atoms with Crippen LogP contribution in [0.1, 0.15) is 238 Å². The number of unbranched alkanes of at least 4 members (excludes halogenated alkanes) is 18. The molecule has 0 radical (unpaired) electrons. The second-order valence-electron chi connectivity index (χ2n) is 19.6. The van der Waals surface area contributed by atoms with Gasteiger partial charge in [0.15, 0.2) is 0 Å². The fraction of sp³-hybridized carbons (Fsp3) is 0.508. The van der Waals surface area contributed by atoms with Gasteiger partial charge in [-0.2, -0.15) is 0 Å². The molecule has 2 heterocycles. The Morgan fingerprint density at radius 3 is 1.40 bits per heavy atom. The first-order valence-electron chi connectivity index (χ1n) is 25.8. The Morgan fingerprint density at radius 1 is 0.444 bits per heavy atom. The van der Waals surface area contributed by atoms with E-state index in [0.29, 0.717) is 11.8 Å². The summed E-state index contributed by atoms with van der Waals surface area (Å²) in [5.41, 5.74) is 14.5. The van der Waals surface area contributed by atoms with Crippen LogP contribution in [0.5, 0.6) is 0 Å². The Bertz CT molecular complexity index is 2100. The molecular weight excluding hydrogens is 797 g/mol. The lowest BCUT2D eigenvalue weighted by molar-refractivity contribution is 0.396.